The van der Waals surface area contributed by atoms with Crippen molar-refractivity contribution in [1.29, 1.82) is 0 Å². The van der Waals surface area contributed by atoms with Gasteiger partial charge in [-0.3, -0.25) is 0 Å². The fourth-order valence-electron chi connectivity index (χ4n) is 1.64. The zero-order chi connectivity index (χ0) is 8.77. The molecule has 2 rings (SSSR count). The number of ether oxygens (including phenoxy) is 1. The average Bonchev–Trinajstić information content (AvgIpc) is 2.31. The highest BCUT2D eigenvalue weighted by Crippen LogP contribution is 2.43. The maximum Gasteiger partial charge on any atom is 0.155 e. The third-order valence-electron chi connectivity index (χ3n) is 2.30. The maximum atomic E-state index is 9.60. The lowest BCUT2D eigenvalue weighted by atomic mass is 9.84. The van der Waals surface area contributed by atoms with Crippen molar-refractivity contribution >= 4 is 11.8 Å². The molecule has 0 amide bonds. The molecule has 0 aromatic carbocycles. The molecule has 3 heteroatoms. The van der Waals surface area contributed by atoms with Crippen LogP contribution < -0.4 is 0 Å². The van der Waals surface area contributed by atoms with Gasteiger partial charge in [0.1, 0.15) is 0 Å². The Morgan fingerprint density at radius 3 is 3.08 bits per heavy atom. The number of aliphatic hydroxyl groups is 1. The zero-order valence-corrected chi connectivity index (χ0v) is 8.28. The van der Waals surface area contributed by atoms with Crippen molar-refractivity contribution in [3.05, 3.63) is 10.7 Å². The Morgan fingerprint density at radius 1 is 1.58 bits per heavy atom. The van der Waals surface area contributed by atoms with Crippen LogP contribution in [0.4, 0.5) is 0 Å². The van der Waals surface area contributed by atoms with Crippen LogP contribution in [0.1, 0.15) is 20.3 Å². The van der Waals surface area contributed by atoms with E-state index in [0.29, 0.717) is 0 Å². The highest BCUT2D eigenvalue weighted by molar-refractivity contribution is 8.03. The summed E-state index contributed by atoms with van der Waals surface area (Å²) in [6.45, 7) is 5.13. The second-order valence-corrected chi connectivity index (χ2v) is 5.26. The molecule has 0 bridgehead atoms. The van der Waals surface area contributed by atoms with Gasteiger partial charge in [0.05, 0.1) is 12.7 Å². The molecule has 0 radical (unpaired) electrons. The van der Waals surface area contributed by atoms with Gasteiger partial charge in [0.25, 0.3) is 0 Å². The van der Waals surface area contributed by atoms with Gasteiger partial charge in [-0.05, 0) is 6.42 Å². The Bertz CT molecular complexity index is 233. The molecule has 68 valence electrons. The van der Waals surface area contributed by atoms with E-state index >= 15 is 0 Å². The molecule has 0 saturated heterocycles. The van der Waals surface area contributed by atoms with Crippen LogP contribution in [0.2, 0.25) is 0 Å². The smallest absolute Gasteiger partial charge is 0.155 e. The van der Waals surface area contributed by atoms with E-state index in [1.54, 1.807) is 11.8 Å². The molecule has 1 unspecified atom stereocenters. The summed E-state index contributed by atoms with van der Waals surface area (Å²) in [5.74, 6) is 0.779. The first-order valence-corrected chi connectivity index (χ1v) is 5.24. The van der Waals surface area contributed by atoms with Crippen molar-refractivity contribution < 1.29 is 9.84 Å². The van der Waals surface area contributed by atoms with Crippen molar-refractivity contribution in [3.63, 3.8) is 0 Å². The van der Waals surface area contributed by atoms with Crippen LogP contribution in [0.5, 0.6) is 0 Å². The van der Waals surface area contributed by atoms with E-state index in [2.05, 4.69) is 13.8 Å². The van der Waals surface area contributed by atoms with Gasteiger partial charge in [0.15, 0.2) is 5.09 Å². The predicted octanol–water partition coefficient (Wildman–Crippen LogP) is 1.75. The maximum absolute atomic E-state index is 9.60. The molecule has 1 N–H and O–H groups in total. The van der Waals surface area contributed by atoms with Crippen LogP contribution in [0.3, 0.4) is 0 Å². The number of aliphatic hydroxyl groups excluding tert-OH is 1. The molecular weight excluding hydrogens is 172 g/mol. The van der Waals surface area contributed by atoms with Crippen molar-refractivity contribution in [2.24, 2.45) is 5.41 Å². The minimum absolute atomic E-state index is 0.199. The molecule has 2 aliphatic rings. The quantitative estimate of drug-likeness (QED) is 0.625. The van der Waals surface area contributed by atoms with Gasteiger partial charge in [0, 0.05) is 16.7 Å². The normalized spacial score (nSPS) is 33.1. The zero-order valence-electron chi connectivity index (χ0n) is 7.46. The van der Waals surface area contributed by atoms with Crippen molar-refractivity contribution in [2.45, 2.75) is 26.4 Å². The molecule has 2 nitrogen and oxygen atoms in total. The summed E-state index contributed by atoms with van der Waals surface area (Å²) >= 11 is 1.64. The molecule has 0 fully saturated rings. The predicted molar refractivity (Wildman–Crippen MR) is 49.8 cm³/mol. The summed E-state index contributed by atoms with van der Waals surface area (Å²) in [6, 6.07) is 0. The minimum atomic E-state index is -0.260. The van der Waals surface area contributed by atoms with Gasteiger partial charge in [-0.15, -0.1) is 0 Å². The lowest BCUT2D eigenvalue weighted by Gasteiger charge is -2.31. The fourth-order valence-corrected chi connectivity index (χ4v) is 2.68. The highest BCUT2D eigenvalue weighted by Gasteiger charge is 2.35. The van der Waals surface area contributed by atoms with Crippen LogP contribution in [0.15, 0.2) is 10.7 Å². The summed E-state index contributed by atoms with van der Waals surface area (Å²) < 4.78 is 5.57. The monoisotopic (exact) mass is 186 g/mol. The van der Waals surface area contributed by atoms with Crippen LogP contribution in [0, 0.1) is 5.41 Å². The molecule has 12 heavy (non-hydrogen) atoms. The van der Waals surface area contributed by atoms with Gasteiger partial charge in [-0.1, -0.05) is 25.6 Å². The van der Waals surface area contributed by atoms with Crippen LogP contribution in [-0.2, 0) is 4.74 Å². The third-order valence-corrected chi connectivity index (χ3v) is 3.42. The highest BCUT2D eigenvalue weighted by atomic mass is 32.2. The number of thioether (sulfide) groups is 1. The van der Waals surface area contributed by atoms with E-state index in [1.807, 2.05) is 0 Å². The van der Waals surface area contributed by atoms with Gasteiger partial charge < -0.3 is 9.84 Å². The third kappa shape index (κ3) is 1.36. The van der Waals surface area contributed by atoms with Gasteiger partial charge in [-0.25, -0.2) is 0 Å². The molecule has 0 aromatic rings. The summed E-state index contributed by atoms with van der Waals surface area (Å²) in [5.41, 5.74) is 1.32. The van der Waals surface area contributed by atoms with E-state index < -0.39 is 0 Å². The minimum Gasteiger partial charge on any atom is -0.487 e. The van der Waals surface area contributed by atoms with Gasteiger partial charge in [0.2, 0.25) is 0 Å². The molecule has 2 heterocycles. The number of rotatable bonds is 0. The number of hydrogen-bond donors (Lipinski definition) is 1. The van der Waals surface area contributed by atoms with Crippen molar-refractivity contribution in [1.82, 2.24) is 0 Å². The van der Waals surface area contributed by atoms with E-state index in [9.17, 15) is 5.11 Å². The molecule has 0 aromatic heterocycles. The lowest BCUT2D eigenvalue weighted by Crippen LogP contribution is -2.26. The Morgan fingerprint density at radius 2 is 2.33 bits per heavy atom. The Kier molecular flexibility index (Phi) is 1.88. The fraction of sp³-hybridized carbons (Fsp3) is 0.778. The second kappa shape index (κ2) is 2.67. The van der Waals surface area contributed by atoms with Crippen molar-refractivity contribution in [2.75, 3.05) is 12.4 Å². The molecule has 0 aliphatic carbocycles. The first kappa shape index (κ1) is 8.45. The second-order valence-electron chi connectivity index (χ2n) is 4.27. The molecule has 2 aliphatic heterocycles. The van der Waals surface area contributed by atoms with E-state index in [1.165, 1.54) is 0 Å². The summed E-state index contributed by atoms with van der Waals surface area (Å²) in [4.78, 5) is 0. The Balaban J connectivity index is 2.21. The Hall–Kier alpha value is -0.150. The topological polar surface area (TPSA) is 29.5 Å². The Labute approximate surface area is 77.0 Å². The van der Waals surface area contributed by atoms with Gasteiger partial charge >= 0.3 is 0 Å². The van der Waals surface area contributed by atoms with E-state index in [0.717, 1.165) is 29.4 Å². The number of hydrogen-bond acceptors (Lipinski definition) is 3. The average molecular weight is 186 g/mol. The first-order chi connectivity index (χ1) is 5.58. The summed E-state index contributed by atoms with van der Waals surface area (Å²) in [5, 5.41) is 10.6. The van der Waals surface area contributed by atoms with Crippen molar-refractivity contribution in [3.8, 4) is 0 Å². The van der Waals surface area contributed by atoms with Crippen LogP contribution in [-0.4, -0.2) is 23.6 Å². The molecule has 0 spiro atoms. The van der Waals surface area contributed by atoms with E-state index in [4.69, 9.17) is 4.74 Å². The van der Waals surface area contributed by atoms with Crippen LogP contribution >= 0.6 is 11.8 Å². The summed E-state index contributed by atoms with van der Waals surface area (Å²) in [7, 11) is 0. The summed E-state index contributed by atoms with van der Waals surface area (Å²) in [6.07, 6.45) is 0.723. The first-order valence-electron chi connectivity index (χ1n) is 4.25. The molecule has 0 saturated carbocycles. The van der Waals surface area contributed by atoms with E-state index in [-0.39, 0.29) is 11.5 Å². The van der Waals surface area contributed by atoms with Crippen LogP contribution in [0.25, 0.3) is 0 Å². The standard InChI is InChI=1S/C9H14O2S/c1-9(2)3-6-7(10)4-12-8(6)11-5-9/h7,10H,3-5H2,1-2H3. The molecular formula is C9H14O2S. The van der Waals surface area contributed by atoms with Gasteiger partial charge in [-0.2, -0.15) is 0 Å². The lowest BCUT2D eigenvalue weighted by molar-refractivity contribution is 0.0937. The SMILES string of the molecule is CC1(C)COC2=C(C1)C(O)CS2. The largest absolute Gasteiger partial charge is 0.487 e. The molecule has 1 atom stereocenters.